The van der Waals surface area contributed by atoms with Crippen LogP contribution in [0.4, 0.5) is 0 Å². The first-order valence-electron chi connectivity index (χ1n) is 5.19. The first-order valence-corrected chi connectivity index (χ1v) is 5.19. The molecule has 0 aromatic carbocycles. The largest absolute Gasteiger partial charge is 0.396 e. The number of aliphatic hydroxyl groups excluding tert-OH is 1. The Morgan fingerprint density at radius 2 is 1.75 bits per heavy atom. The van der Waals surface area contributed by atoms with Gasteiger partial charge in [-0.15, -0.1) is 0 Å². The van der Waals surface area contributed by atoms with E-state index in [0.29, 0.717) is 12.6 Å². The van der Waals surface area contributed by atoms with Gasteiger partial charge in [0, 0.05) is 12.6 Å². The molecule has 0 amide bonds. The first kappa shape index (κ1) is 10.0. The van der Waals surface area contributed by atoms with Crippen LogP contribution < -0.4 is 0 Å². The summed E-state index contributed by atoms with van der Waals surface area (Å²) in [6.45, 7) is 5.03. The fourth-order valence-electron chi connectivity index (χ4n) is 1.91. The zero-order valence-electron chi connectivity index (χ0n) is 8.13. The third-order valence-corrected chi connectivity index (χ3v) is 2.81. The van der Waals surface area contributed by atoms with E-state index in [-0.39, 0.29) is 0 Å². The molecule has 0 saturated carbocycles. The van der Waals surface area contributed by atoms with Crippen LogP contribution in [0.3, 0.4) is 0 Å². The third-order valence-electron chi connectivity index (χ3n) is 2.81. The average molecular weight is 171 g/mol. The van der Waals surface area contributed by atoms with Crippen molar-refractivity contribution in [2.24, 2.45) is 0 Å². The summed E-state index contributed by atoms with van der Waals surface area (Å²) in [5.41, 5.74) is 0. The molecule has 2 nitrogen and oxygen atoms in total. The number of likely N-dealkylation sites (tertiary alicyclic amines) is 1. The van der Waals surface area contributed by atoms with Crippen LogP contribution in [0, 0.1) is 0 Å². The summed E-state index contributed by atoms with van der Waals surface area (Å²) in [7, 11) is 0. The Balaban J connectivity index is 2.27. The fraction of sp³-hybridized carbons (Fsp3) is 1.00. The van der Waals surface area contributed by atoms with E-state index in [1.807, 2.05) is 0 Å². The Hall–Kier alpha value is -0.0800. The second-order valence-corrected chi connectivity index (χ2v) is 3.81. The van der Waals surface area contributed by atoms with Gasteiger partial charge in [-0.3, -0.25) is 0 Å². The van der Waals surface area contributed by atoms with E-state index in [0.717, 1.165) is 6.42 Å². The van der Waals surface area contributed by atoms with Gasteiger partial charge in [-0.2, -0.15) is 0 Å². The lowest BCUT2D eigenvalue weighted by Gasteiger charge is -2.26. The third kappa shape index (κ3) is 3.11. The van der Waals surface area contributed by atoms with Gasteiger partial charge < -0.3 is 10.0 Å². The van der Waals surface area contributed by atoms with E-state index in [1.54, 1.807) is 0 Å². The highest BCUT2D eigenvalue weighted by Crippen LogP contribution is 2.13. The minimum Gasteiger partial charge on any atom is -0.396 e. The lowest BCUT2D eigenvalue weighted by molar-refractivity contribution is 0.172. The van der Waals surface area contributed by atoms with Gasteiger partial charge >= 0.3 is 0 Å². The lowest BCUT2D eigenvalue weighted by Crippen LogP contribution is -2.34. The topological polar surface area (TPSA) is 23.5 Å². The van der Waals surface area contributed by atoms with Crippen LogP contribution in [0.1, 0.15) is 39.0 Å². The van der Waals surface area contributed by atoms with Crippen LogP contribution in [-0.2, 0) is 0 Å². The number of hydrogen-bond donors (Lipinski definition) is 1. The van der Waals surface area contributed by atoms with Gasteiger partial charge in [-0.25, -0.2) is 0 Å². The summed E-state index contributed by atoms with van der Waals surface area (Å²) in [5.74, 6) is 0. The summed E-state index contributed by atoms with van der Waals surface area (Å²) in [4.78, 5) is 2.52. The van der Waals surface area contributed by atoms with Crippen molar-refractivity contribution >= 4 is 0 Å². The van der Waals surface area contributed by atoms with E-state index < -0.39 is 0 Å². The van der Waals surface area contributed by atoms with E-state index in [1.165, 1.54) is 38.8 Å². The van der Waals surface area contributed by atoms with E-state index in [9.17, 15) is 0 Å². The molecule has 1 aliphatic rings. The van der Waals surface area contributed by atoms with Gasteiger partial charge in [0.25, 0.3) is 0 Å². The van der Waals surface area contributed by atoms with Gasteiger partial charge in [-0.1, -0.05) is 12.8 Å². The fourth-order valence-corrected chi connectivity index (χ4v) is 1.91. The van der Waals surface area contributed by atoms with Crippen molar-refractivity contribution in [1.82, 2.24) is 4.90 Å². The molecule has 1 unspecified atom stereocenters. The van der Waals surface area contributed by atoms with Crippen LogP contribution in [-0.4, -0.2) is 35.7 Å². The minimum absolute atomic E-state index is 0.331. The van der Waals surface area contributed by atoms with Gasteiger partial charge in [0.15, 0.2) is 0 Å². The molecule has 1 fully saturated rings. The maximum absolute atomic E-state index is 8.81. The molecule has 72 valence electrons. The predicted molar refractivity (Wildman–Crippen MR) is 51.2 cm³/mol. The van der Waals surface area contributed by atoms with Crippen molar-refractivity contribution < 1.29 is 5.11 Å². The van der Waals surface area contributed by atoms with Crippen LogP contribution in [0.5, 0.6) is 0 Å². The maximum Gasteiger partial charge on any atom is 0.0445 e. The monoisotopic (exact) mass is 171 g/mol. The molecule has 0 aromatic rings. The van der Waals surface area contributed by atoms with Gasteiger partial charge in [0.2, 0.25) is 0 Å². The predicted octanol–water partition coefficient (Wildman–Crippen LogP) is 1.63. The molecule has 0 radical (unpaired) electrons. The lowest BCUT2D eigenvalue weighted by atomic mass is 10.2. The molecule has 1 aliphatic heterocycles. The number of nitrogens with zero attached hydrogens (tertiary/aromatic N) is 1. The van der Waals surface area contributed by atoms with Crippen LogP contribution in [0.2, 0.25) is 0 Å². The molecule has 0 aliphatic carbocycles. The molecule has 1 saturated heterocycles. The van der Waals surface area contributed by atoms with Crippen molar-refractivity contribution in [2.45, 2.75) is 45.1 Å². The minimum atomic E-state index is 0.331. The molecule has 2 heteroatoms. The summed E-state index contributed by atoms with van der Waals surface area (Å²) in [6.07, 6.45) is 6.40. The van der Waals surface area contributed by atoms with Crippen LogP contribution >= 0.6 is 0 Å². The molecule has 0 spiro atoms. The average Bonchev–Trinajstić information content (AvgIpc) is 2.32. The highest BCUT2D eigenvalue weighted by molar-refractivity contribution is 4.69. The number of rotatable bonds is 3. The van der Waals surface area contributed by atoms with Crippen LogP contribution in [0.25, 0.3) is 0 Å². The Bertz CT molecular complexity index is 108. The van der Waals surface area contributed by atoms with E-state index >= 15 is 0 Å². The normalized spacial score (nSPS) is 23.5. The highest BCUT2D eigenvalue weighted by atomic mass is 16.3. The summed E-state index contributed by atoms with van der Waals surface area (Å²) >= 11 is 0. The van der Waals surface area contributed by atoms with Crippen LogP contribution in [0.15, 0.2) is 0 Å². The molecule has 12 heavy (non-hydrogen) atoms. The molecule has 1 N–H and O–H groups in total. The van der Waals surface area contributed by atoms with Crippen molar-refractivity contribution in [1.29, 1.82) is 0 Å². The molecule has 0 bridgehead atoms. The highest BCUT2D eigenvalue weighted by Gasteiger charge is 2.14. The Kier molecular flexibility index (Phi) is 4.62. The van der Waals surface area contributed by atoms with Gasteiger partial charge in [-0.05, 0) is 39.3 Å². The summed E-state index contributed by atoms with van der Waals surface area (Å²) in [6, 6.07) is 0.577. The van der Waals surface area contributed by atoms with Crippen molar-refractivity contribution in [2.75, 3.05) is 19.7 Å². The van der Waals surface area contributed by atoms with E-state index in [4.69, 9.17) is 5.11 Å². The van der Waals surface area contributed by atoms with Crippen molar-refractivity contribution in [3.8, 4) is 0 Å². The first-order chi connectivity index (χ1) is 5.84. The second kappa shape index (κ2) is 5.55. The molecule has 1 atom stereocenters. The molecule has 0 aromatic heterocycles. The van der Waals surface area contributed by atoms with E-state index in [2.05, 4.69) is 11.8 Å². The van der Waals surface area contributed by atoms with Gasteiger partial charge in [0.1, 0.15) is 0 Å². The standard InChI is InChI=1S/C10H21NO/c1-10(6-9-12)11-7-4-2-3-5-8-11/h10,12H,2-9H2,1H3. The zero-order valence-corrected chi connectivity index (χ0v) is 8.13. The van der Waals surface area contributed by atoms with Crippen molar-refractivity contribution in [3.05, 3.63) is 0 Å². The SMILES string of the molecule is CC(CCO)N1CCCCCC1. The Morgan fingerprint density at radius 3 is 2.25 bits per heavy atom. The molecular formula is C10H21NO. The Labute approximate surface area is 75.6 Å². The quantitative estimate of drug-likeness (QED) is 0.697. The molecule has 1 heterocycles. The molecular weight excluding hydrogens is 150 g/mol. The summed E-state index contributed by atoms with van der Waals surface area (Å²) < 4.78 is 0. The maximum atomic E-state index is 8.81. The summed E-state index contributed by atoms with van der Waals surface area (Å²) in [5, 5.41) is 8.81. The molecule has 1 rings (SSSR count). The number of hydrogen-bond acceptors (Lipinski definition) is 2. The Morgan fingerprint density at radius 1 is 1.17 bits per heavy atom. The number of aliphatic hydroxyl groups is 1. The second-order valence-electron chi connectivity index (χ2n) is 3.81. The van der Waals surface area contributed by atoms with Crippen molar-refractivity contribution in [3.63, 3.8) is 0 Å². The van der Waals surface area contributed by atoms with Gasteiger partial charge in [0.05, 0.1) is 0 Å². The zero-order chi connectivity index (χ0) is 8.81. The smallest absolute Gasteiger partial charge is 0.0445 e.